The van der Waals surface area contributed by atoms with E-state index >= 15 is 0 Å². The molecule has 1 rings (SSSR count). The van der Waals surface area contributed by atoms with Crippen molar-refractivity contribution in [3.63, 3.8) is 0 Å². The molecule has 0 fully saturated rings. The summed E-state index contributed by atoms with van der Waals surface area (Å²) in [5, 5.41) is 8.99. The zero-order chi connectivity index (χ0) is 13.1. The number of rotatable bonds is 5. The molecule has 0 saturated carbocycles. The molecular weight excluding hydrogens is 220 g/mol. The summed E-state index contributed by atoms with van der Waals surface area (Å²) in [7, 11) is 3.90. The standard InChI is InChI=1S/C12H18N2O3/c1-12(2,14(3)4)8-17-10-7-13-6-5-9(10)11(15)16/h5-7H,8H2,1-4H3,(H,15,16). The van der Waals surface area contributed by atoms with Crippen molar-refractivity contribution in [2.45, 2.75) is 19.4 Å². The van der Waals surface area contributed by atoms with Gasteiger partial charge in [0.15, 0.2) is 5.75 Å². The maximum absolute atomic E-state index is 11.0. The quantitative estimate of drug-likeness (QED) is 0.842. The fraction of sp³-hybridized carbons (Fsp3) is 0.500. The first-order valence-electron chi connectivity index (χ1n) is 5.32. The lowest BCUT2D eigenvalue weighted by atomic mass is 10.1. The smallest absolute Gasteiger partial charge is 0.339 e. The van der Waals surface area contributed by atoms with E-state index in [0.717, 1.165) is 0 Å². The van der Waals surface area contributed by atoms with Gasteiger partial charge in [0.1, 0.15) is 12.2 Å². The van der Waals surface area contributed by atoms with Crippen LogP contribution in [-0.4, -0.2) is 47.2 Å². The molecule has 0 aliphatic carbocycles. The van der Waals surface area contributed by atoms with Crippen LogP contribution in [0.2, 0.25) is 0 Å². The highest BCUT2D eigenvalue weighted by molar-refractivity contribution is 5.90. The normalized spacial score (nSPS) is 11.6. The Kier molecular flexibility index (Phi) is 4.07. The molecule has 0 spiro atoms. The molecular formula is C12H18N2O3. The van der Waals surface area contributed by atoms with Gasteiger partial charge in [-0.2, -0.15) is 0 Å². The highest BCUT2D eigenvalue weighted by Crippen LogP contribution is 2.19. The minimum Gasteiger partial charge on any atom is -0.489 e. The number of pyridine rings is 1. The van der Waals surface area contributed by atoms with Crippen molar-refractivity contribution in [1.29, 1.82) is 0 Å². The average molecular weight is 238 g/mol. The summed E-state index contributed by atoms with van der Waals surface area (Å²) in [6.07, 6.45) is 2.86. The maximum atomic E-state index is 11.0. The summed E-state index contributed by atoms with van der Waals surface area (Å²) >= 11 is 0. The van der Waals surface area contributed by atoms with Crippen molar-refractivity contribution in [2.75, 3.05) is 20.7 Å². The van der Waals surface area contributed by atoms with Crippen LogP contribution >= 0.6 is 0 Å². The lowest BCUT2D eigenvalue weighted by Gasteiger charge is -2.32. The van der Waals surface area contributed by atoms with Crippen molar-refractivity contribution in [2.24, 2.45) is 0 Å². The number of nitrogens with zero attached hydrogens (tertiary/aromatic N) is 2. The van der Waals surface area contributed by atoms with Crippen LogP contribution in [0.4, 0.5) is 0 Å². The first-order chi connectivity index (χ1) is 7.84. The number of hydrogen-bond acceptors (Lipinski definition) is 4. The molecule has 1 aromatic rings. The SMILES string of the molecule is CN(C)C(C)(C)COc1cnccc1C(=O)O. The highest BCUT2D eigenvalue weighted by atomic mass is 16.5. The first kappa shape index (κ1) is 13.4. The Labute approximate surface area is 101 Å². The van der Waals surface area contributed by atoms with E-state index in [1.54, 1.807) is 0 Å². The third kappa shape index (κ3) is 3.42. The van der Waals surface area contributed by atoms with Crippen molar-refractivity contribution in [3.05, 3.63) is 24.0 Å². The first-order valence-corrected chi connectivity index (χ1v) is 5.32. The lowest BCUT2D eigenvalue weighted by molar-refractivity contribution is 0.0684. The molecule has 0 bridgehead atoms. The number of ether oxygens (including phenoxy) is 1. The predicted octanol–water partition coefficient (Wildman–Crippen LogP) is 1.50. The van der Waals surface area contributed by atoms with Crippen LogP contribution in [0.5, 0.6) is 5.75 Å². The summed E-state index contributed by atoms with van der Waals surface area (Å²) in [4.78, 5) is 16.9. The maximum Gasteiger partial charge on any atom is 0.339 e. The van der Waals surface area contributed by atoms with Crippen LogP contribution in [0, 0.1) is 0 Å². The van der Waals surface area contributed by atoms with E-state index in [1.807, 2.05) is 32.8 Å². The third-order valence-electron chi connectivity index (χ3n) is 2.81. The van der Waals surface area contributed by atoms with Crippen LogP contribution < -0.4 is 4.74 Å². The summed E-state index contributed by atoms with van der Waals surface area (Å²) in [6.45, 7) is 4.43. The molecule has 0 radical (unpaired) electrons. The number of carbonyl (C=O) groups is 1. The van der Waals surface area contributed by atoms with Gasteiger partial charge in [0.05, 0.1) is 6.20 Å². The van der Waals surface area contributed by atoms with E-state index in [9.17, 15) is 4.79 Å². The monoisotopic (exact) mass is 238 g/mol. The van der Waals surface area contributed by atoms with E-state index in [1.165, 1.54) is 18.5 Å². The second-order valence-electron chi connectivity index (χ2n) is 4.67. The highest BCUT2D eigenvalue weighted by Gasteiger charge is 2.22. The van der Waals surface area contributed by atoms with Crippen molar-refractivity contribution < 1.29 is 14.6 Å². The Morgan fingerprint density at radius 2 is 2.18 bits per heavy atom. The molecule has 0 amide bonds. The Hall–Kier alpha value is -1.62. The van der Waals surface area contributed by atoms with Gasteiger partial charge in [-0.1, -0.05) is 0 Å². The Bertz CT molecular complexity index is 402. The molecule has 0 saturated heterocycles. The minimum atomic E-state index is -1.01. The number of carboxylic acids is 1. The van der Waals surface area contributed by atoms with Gasteiger partial charge in [-0.15, -0.1) is 0 Å². The number of aromatic nitrogens is 1. The Morgan fingerprint density at radius 3 is 2.71 bits per heavy atom. The molecule has 17 heavy (non-hydrogen) atoms. The molecule has 5 nitrogen and oxygen atoms in total. The van der Waals surface area contributed by atoms with Gasteiger partial charge in [0.2, 0.25) is 0 Å². The Balaban J connectivity index is 2.79. The van der Waals surface area contributed by atoms with E-state index in [2.05, 4.69) is 4.98 Å². The van der Waals surface area contributed by atoms with Crippen LogP contribution in [0.25, 0.3) is 0 Å². The second-order valence-corrected chi connectivity index (χ2v) is 4.67. The summed E-state index contributed by atoms with van der Waals surface area (Å²) in [5.41, 5.74) is -0.0411. The number of hydrogen-bond donors (Lipinski definition) is 1. The summed E-state index contributed by atoms with van der Waals surface area (Å²) < 4.78 is 5.54. The van der Waals surface area contributed by atoms with E-state index < -0.39 is 5.97 Å². The second kappa shape index (κ2) is 5.14. The molecule has 5 heteroatoms. The van der Waals surface area contributed by atoms with Gasteiger partial charge < -0.3 is 14.7 Å². The molecule has 0 aliphatic heterocycles. The van der Waals surface area contributed by atoms with Gasteiger partial charge in [-0.05, 0) is 34.0 Å². The number of carboxylic acid groups (broad SMARTS) is 1. The molecule has 1 heterocycles. The minimum absolute atomic E-state index is 0.134. The fourth-order valence-corrected chi connectivity index (χ4v) is 1.06. The molecule has 0 aromatic carbocycles. The van der Waals surface area contributed by atoms with Crippen molar-refractivity contribution in [1.82, 2.24) is 9.88 Å². The molecule has 0 aliphatic rings. The largest absolute Gasteiger partial charge is 0.489 e. The number of aromatic carboxylic acids is 1. The van der Waals surface area contributed by atoms with Crippen molar-refractivity contribution >= 4 is 5.97 Å². The van der Waals surface area contributed by atoms with Gasteiger partial charge in [-0.25, -0.2) is 4.79 Å². The van der Waals surface area contributed by atoms with E-state index in [4.69, 9.17) is 9.84 Å². The third-order valence-corrected chi connectivity index (χ3v) is 2.81. The zero-order valence-electron chi connectivity index (χ0n) is 10.6. The Morgan fingerprint density at radius 1 is 1.53 bits per heavy atom. The molecule has 0 unspecified atom stereocenters. The van der Waals surface area contributed by atoms with E-state index in [0.29, 0.717) is 12.4 Å². The molecule has 1 aromatic heterocycles. The van der Waals surface area contributed by atoms with Gasteiger partial charge >= 0.3 is 5.97 Å². The molecule has 94 valence electrons. The van der Waals surface area contributed by atoms with Crippen LogP contribution in [0.3, 0.4) is 0 Å². The summed E-state index contributed by atoms with van der Waals surface area (Å²) in [6, 6.07) is 1.43. The predicted molar refractivity (Wildman–Crippen MR) is 64.5 cm³/mol. The topological polar surface area (TPSA) is 62.7 Å². The van der Waals surface area contributed by atoms with E-state index in [-0.39, 0.29) is 11.1 Å². The van der Waals surface area contributed by atoms with Gasteiger partial charge in [0, 0.05) is 11.7 Å². The zero-order valence-corrected chi connectivity index (χ0v) is 10.6. The molecule has 0 atom stereocenters. The average Bonchev–Trinajstić information content (AvgIpc) is 2.26. The van der Waals surface area contributed by atoms with Gasteiger partial charge in [0.25, 0.3) is 0 Å². The lowest BCUT2D eigenvalue weighted by Crippen LogP contribution is -2.43. The summed E-state index contributed by atoms with van der Waals surface area (Å²) in [5.74, 6) is -0.708. The molecule has 1 N–H and O–H groups in total. The van der Waals surface area contributed by atoms with Crippen LogP contribution in [0.15, 0.2) is 18.5 Å². The van der Waals surface area contributed by atoms with Crippen molar-refractivity contribution in [3.8, 4) is 5.75 Å². The van der Waals surface area contributed by atoms with Crippen LogP contribution in [0.1, 0.15) is 24.2 Å². The fourth-order valence-electron chi connectivity index (χ4n) is 1.06. The number of likely N-dealkylation sites (N-methyl/N-ethyl adjacent to an activating group) is 1. The van der Waals surface area contributed by atoms with Crippen LogP contribution in [-0.2, 0) is 0 Å². The van der Waals surface area contributed by atoms with Gasteiger partial charge in [-0.3, -0.25) is 4.98 Å².